The first-order valence-electron chi connectivity index (χ1n) is 16.7. The van der Waals surface area contributed by atoms with Gasteiger partial charge in [0.15, 0.2) is 0 Å². The van der Waals surface area contributed by atoms with Crippen LogP contribution in [0.2, 0.25) is 0 Å². The van der Waals surface area contributed by atoms with E-state index in [2.05, 4.69) is 15.4 Å². The molecule has 1 aliphatic carbocycles. The highest BCUT2D eigenvalue weighted by Gasteiger charge is 2.33. The third-order valence-electron chi connectivity index (χ3n) is 9.22. The lowest BCUT2D eigenvalue weighted by Crippen LogP contribution is -2.55. The van der Waals surface area contributed by atoms with Crippen molar-refractivity contribution in [2.24, 2.45) is 5.73 Å². The lowest BCUT2D eigenvalue weighted by molar-refractivity contribution is -0.134. The molecule has 2 aliphatic rings. The summed E-state index contributed by atoms with van der Waals surface area (Å²) in [7, 11) is -1.10. The van der Waals surface area contributed by atoms with Gasteiger partial charge in [0.1, 0.15) is 23.4 Å². The first-order valence-corrected chi connectivity index (χ1v) is 18.2. The van der Waals surface area contributed by atoms with Crippen molar-refractivity contribution in [1.29, 1.82) is 5.41 Å². The van der Waals surface area contributed by atoms with Gasteiger partial charge in [0.05, 0.1) is 19.1 Å². The molecule has 1 saturated heterocycles. The first kappa shape index (κ1) is 35.7. The topological polar surface area (TPSA) is 176 Å². The molecule has 0 unspecified atom stereocenters. The van der Waals surface area contributed by atoms with E-state index in [-0.39, 0.29) is 41.2 Å². The van der Waals surface area contributed by atoms with Crippen molar-refractivity contribution in [2.45, 2.75) is 74.4 Å². The summed E-state index contributed by atoms with van der Waals surface area (Å²) in [5, 5.41) is 14.0. The molecule has 13 heteroatoms. The van der Waals surface area contributed by atoms with E-state index in [4.69, 9.17) is 20.6 Å². The second-order valence-corrected chi connectivity index (χ2v) is 14.4. The number of amidine groups is 1. The maximum Gasteiger partial charge on any atom is 0.315 e. The van der Waals surface area contributed by atoms with E-state index >= 15 is 0 Å². The molecule has 49 heavy (non-hydrogen) atoms. The zero-order valence-electron chi connectivity index (χ0n) is 28.0. The molecule has 1 aliphatic heterocycles. The van der Waals surface area contributed by atoms with Crippen molar-refractivity contribution < 1.29 is 27.5 Å². The van der Waals surface area contributed by atoms with Crippen LogP contribution in [0.15, 0.2) is 71.6 Å². The number of rotatable bonds is 12. The van der Waals surface area contributed by atoms with Gasteiger partial charge in [0.25, 0.3) is 0 Å². The number of amides is 3. The molecular weight excluding hydrogens is 644 g/mol. The number of benzene rings is 3. The number of nitrogens with two attached hydrogens (primary N) is 1. The fourth-order valence-electron chi connectivity index (χ4n) is 6.53. The Morgan fingerprint density at radius 1 is 0.898 bits per heavy atom. The Balaban J connectivity index is 1.33. The van der Waals surface area contributed by atoms with Crippen molar-refractivity contribution in [3.8, 4) is 22.6 Å². The number of carbonyl (C=O) groups excluding carboxylic acids is 2. The van der Waals surface area contributed by atoms with Crippen LogP contribution in [0.4, 0.5) is 4.79 Å². The molecule has 5 rings (SSSR count). The van der Waals surface area contributed by atoms with Crippen molar-refractivity contribution in [1.82, 2.24) is 20.3 Å². The van der Waals surface area contributed by atoms with Gasteiger partial charge in [0, 0.05) is 42.4 Å². The number of piperidine rings is 1. The summed E-state index contributed by atoms with van der Waals surface area (Å²) in [6.45, 7) is 0.733. The monoisotopic (exact) mass is 690 g/mol. The number of nitrogen functional groups attached to an aromatic ring is 1. The van der Waals surface area contributed by atoms with Gasteiger partial charge in [-0.2, -0.15) is 4.72 Å². The van der Waals surface area contributed by atoms with E-state index in [0.29, 0.717) is 59.7 Å². The SMILES string of the molecule is COc1ccc(-c2cccc(S(=O)(=O)N[C@@H](Cc3cccc(C(=N)N)c3)C(=O)N3CCC(NC(=O)NC4CCCCC4)CC3)c2)c(OC)c1. The quantitative estimate of drug-likeness (QED) is 0.140. The molecule has 0 aromatic heterocycles. The normalized spacial score (nSPS) is 16.4. The summed E-state index contributed by atoms with van der Waals surface area (Å²) in [5.41, 5.74) is 8.14. The molecule has 1 atom stereocenters. The summed E-state index contributed by atoms with van der Waals surface area (Å²) in [6.07, 6.45) is 6.59. The number of urea groups is 1. The van der Waals surface area contributed by atoms with Gasteiger partial charge in [-0.1, -0.05) is 49.6 Å². The van der Waals surface area contributed by atoms with Crippen molar-refractivity contribution in [3.63, 3.8) is 0 Å². The molecule has 2 fully saturated rings. The number of methoxy groups -OCH3 is 2. The van der Waals surface area contributed by atoms with E-state index in [1.807, 2.05) is 0 Å². The van der Waals surface area contributed by atoms with Crippen molar-refractivity contribution in [3.05, 3.63) is 77.9 Å². The second-order valence-electron chi connectivity index (χ2n) is 12.6. The largest absolute Gasteiger partial charge is 0.497 e. The maximum atomic E-state index is 14.1. The predicted molar refractivity (Wildman–Crippen MR) is 188 cm³/mol. The summed E-state index contributed by atoms with van der Waals surface area (Å²) >= 11 is 0. The number of carbonyl (C=O) groups is 2. The lowest BCUT2D eigenvalue weighted by atomic mass is 9.96. The standard InChI is InChI=1S/C36H46N6O6S/c1-47-29-14-15-31(33(23-29)48-2)25-9-7-13-30(22-25)49(45,46)41-32(21-24-8-6-10-26(20-24)34(37)38)35(43)42-18-16-28(17-19-42)40-36(44)39-27-11-4-3-5-12-27/h6-10,13-15,20,22-23,27-28,32,41H,3-5,11-12,16-19,21H2,1-2H3,(H3,37,38)(H2,39,40,44)/t32-/m0/s1. The molecule has 12 nitrogen and oxygen atoms in total. The Bertz CT molecular complexity index is 1750. The highest BCUT2D eigenvalue weighted by Crippen LogP contribution is 2.34. The minimum atomic E-state index is -4.19. The third-order valence-corrected chi connectivity index (χ3v) is 10.7. The number of ether oxygens (including phenoxy) is 2. The number of nitrogens with one attached hydrogen (secondary N) is 4. The van der Waals surface area contributed by atoms with E-state index in [9.17, 15) is 18.0 Å². The van der Waals surface area contributed by atoms with Crippen LogP contribution in [0.5, 0.6) is 11.5 Å². The smallest absolute Gasteiger partial charge is 0.315 e. The van der Waals surface area contributed by atoms with Crippen LogP contribution in [0.3, 0.4) is 0 Å². The molecule has 6 N–H and O–H groups in total. The Morgan fingerprint density at radius 3 is 2.27 bits per heavy atom. The molecule has 1 heterocycles. The molecule has 1 saturated carbocycles. The van der Waals surface area contributed by atoms with Crippen LogP contribution in [0, 0.1) is 5.41 Å². The Kier molecular flexibility index (Phi) is 11.8. The molecule has 3 aromatic carbocycles. The summed E-state index contributed by atoms with van der Waals surface area (Å²) < 4.78 is 41.4. The Morgan fingerprint density at radius 2 is 1.59 bits per heavy atom. The molecule has 0 spiro atoms. The molecule has 3 aromatic rings. The zero-order chi connectivity index (χ0) is 35.0. The van der Waals surface area contributed by atoms with Crippen LogP contribution in [-0.4, -0.2) is 76.5 Å². The van der Waals surface area contributed by atoms with Crippen LogP contribution < -0.4 is 30.6 Å². The Labute approximate surface area is 288 Å². The number of hydrogen-bond acceptors (Lipinski definition) is 7. The number of nitrogens with zero attached hydrogens (tertiary/aromatic N) is 1. The van der Waals surface area contributed by atoms with Crippen molar-refractivity contribution in [2.75, 3.05) is 27.3 Å². The van der Waals surface area contributed by atoms with Gasteiger partial charge in [0.2, 0.25) is 15.9 Å². The average molecular weight is 691 g/mol. The molecular formula is C36H46N6O6S. The van der Waals surface area contributed by atoms with Gasteiger partial charge in [-0.25, -0.2) is 13.2 Å². The zero-order valence-corrected chi connectivity index (χ0v) is 28.9. The summed E-state index contributed by atoms with van der Waals surface area (Å²) in [4.78, 5) is 28.3. The summed E-state index contributed by atoms with van der Waals surface area (Å²) in [5.74, 6) is 0.626. The fraction of sp³-hybridized carbons (Fsp3) is 0.417. The van der Waals surface area contributed by atoms with E-state index in [1.54, 1.807) is 72.7 Å². The number of hydrogen-bond donors (Lipinski definition) is 5. The predicted octanol–water partition coefficient (Wildman–Crippen LogP) is 4.17. The molecule has 3 amide bonds. The van der Waals surface area contributed by atoms with Crippen LogP contribution >= 0.6 is 0 Å². The number of likely N-dealkylation sites (tertiary alicyclic amines) is 1. The van der Waals surface area contributed by atoms with Gasteiger partial charge in [-0.3, -0.25) is 10.2 Å². The van der Waals surface area contributed by atoms with Crippen molar-refractivity contribution >= 4 is 27.8 Å². The highest BCUT2D eigenvalue weighted by atomic mass is 32.2. The summed E-state index contributed by atoms with van der Waals surface area (Å²) in [6, 6.07) is 17.4. The minimum Gasteiger partial charge on any atom is -0.497 e. The fourth-order valence-corrected chi connectivity index (χ4v) is 7.76. The molecule has 262 valence electrons. The third kappa shape index (κ3) is 9.30. The van der Waals surface area contributed by atoms with Crippen LogP contribution in [0.1, 0.15) is 56.1 Å². The highest BCUT2D eigenvalue weighted by molar-refractivity contribution is 7.89. The van der Waals surface area contributed by atoms with Gasteiger partial charge in [-0.15, -0.1) is 0 Å². The van der Waals surface area contributed by atoms with Gasteiger partial charge in [-0.05, 0) is 73.6 Å². The van der Waals surface area contributed by atoms with Gasteiger partial charge < -0.3 is 30.7 Å². The Hall–Kier alpha value is -4.62. The van der Waals surface area contributed by atoms with Crippen LogP contribution in [0.25, 0.3) is 11.1 Å². The first-order chi connectivity index (χ1) is 23.6. The van der Waals surface area contributed by atoms with Crippen LogP contribution in [-0.2, 0) is 21.2 Å². The van der Waals surface area contributed by atoms with Gasteiger partial charge >= 0.3 is 6.03 Å². The second kappa shape index (κ2) is 16.2. The average Bonchev–Trinajstić information content (AvgIpc) is 3.11. The molecule has 0 radical (unpaired) electrons. The maximum absolute atomic E-state index is 14.1. The molecule has 0 bridgehead atoms. The number of sulfonamides is 1. The van der Waals surface area contributed by atoms with E-state index in [1.165, 1.54) is 19.6 Å². The van der Waals surface area contributed by atoms with E-state index < -0.39 is 16.1 Å². The minimum absolute atomic E-state index is 0.00922. The lowest BCUT2D eigenvalue weighted by Gasteiger charge is -2.35. The van der Waals surface area contributed by atoms with E-state index in [0.717, 1.165) is 25.7 Å².